The van der Waals surface area contributed by atoms with E-state index < -0.39 is 5.60 Å². The van der Waals surface area contributed by atoms with Crippen LogP contribution >= 0.6 is 24.0 Å². The number of aliphatic imine (C=N–C) groups is 1. The second-order valence-electron chi connectivity index (χ2n) is 6.50. The zero-order valence-corrected chi connectivity index (χ0v) is 17.5. The Morgan fingerprint density at radius 1 is 1.25 bits per heavy atom. The van der Waals surface area contributed by atoms with Gasteiger partial charge in [-0.15, -0.1) is 24.0 Å². The summed E-state index contributed by atoms with van der Waals surface area (Å²) in [6.07, 6.45) is -0.234. The quantitative estimate of drug-likeness (QED) is 0.264. The summed E-state index contributed by atoms with van der Waals surface area (Å²) in [4.78, 5) is 20.3. The highest BCUT2D eigenvalue weighted by atomic mass is 127. The molecular formula is C15H32IN5O3. The van der Waals surface area contributed by atoms with Gasteiger partial charge in [0.2, 0.25) is 0 Å². The molecule has 8 nitrogen and oxygen atoms in total. The number of carbonyl (C=O) groups excluding carboxylic acids is 1. The molecule has 0 unspecified atom stereocenters. The minimum atomic E-state index is -0.448. The maximum Gasteiger partial charge on any atom is 0.410 e. The van der Waals surface area contributed by atoms with Crippen molar-refractivity contribution in [1.29, 1.82) is 0 Å². The SMILES string of the molecule is COCCNC(N)=NCCN1CCN(C(=O)OC(C)(C)C)CC1.I. The fourth-order valence-corrected chi connectivity index (χ4v) is 2.13. The first-order valence-corrected chi connectivity index (χ1v) is 8.05. The van der Waals surface area contributed by atoms with Gasteiger partial charge in [0.25, 0.3) is 0 Å². The summed E-state index contributed by atoms with van der Waals surface area (Å²) in [6.45, 7) is 11.4. The third-order valence-corrected chi connectivity index (χ3v) is 3.33. The fourth-order valence-electron chi connectivity index (χ4n) is 2.13. The van der Waals surface area contributed by atoms with Crippen molar-refractivity contribution < 1.29 is 14.3 Å². The molecule has 0 aromatic rings. The van der Waals surface area contributed by atoms with Crippen LogP contribution in [0.1, 0.15) is 20.8 Å². The molecule has 0 aliphatic carbocycles. The smallest absolute Gasteiger partial charge is 0.410 e. The standard InChI is InChI=1S/C15H31N5O3.HI/c1-15(2,3)23-14(21)20-10-8-19(9-11-20)7-5-17-13(16)18-6-12-22-4;/h5-12H2,1-4H3,(H3,16,17,18);1H. The second-order valence-corrected chi connectivity index (χ2v) is 6.50. The molecule has 142 valence electrons. The molecule has 0 aromatic carbocycles. The van der Waals surface area contributed by atoms with Gasteiger partial charge in [0.15, 0.2) is 5.96 Å². The lowest BCUT2D eigenvalue weighted by atomic mass is 10.2. The summed E-state index contributed by atoms with van der Waals surface area (Å²) in [7, 11) is 1.64. The highest BCUT2D eigenvalue weighted by molar-refractivity contribution is 14.0. The number of amides is 1. The van der Waals surface area contributed by atoms with Gasteiger partial charge in [-0.1, -0.05) is 0 Å². The van der Waals surface area contributed by atoms with Crippen molar-refractivity contribution in [3.05, 3.63) is 0 Å². The van der Waals surface area contributed by atoms with Crippen molar-refractivity contribution >= 4 is 36.0 Å². The molecule has 1 saturated heterocycles. The van der Waals surface area contributed by atoms with Crippen molar-refractivity contribution in [1.82, 2.24) is 15.1 Å². The van der Waals surface area contributed by atoms with Crippen molar-refractivity contribution in [2.45, 2.75) is 26.4 Å². The molecule has 1 fully saturated rings. The molecule has 0 radical (unpaired) electrons. The van der Waals surface area contributed by atoms with Gasteiger partial charge >= 0.3 is 6.09 Å². The lowest BCUT2D eigenvalue weighted by Gasteiger charge is -2.35. The number of halogens is 1. The van der Waals surface area contributed by atoms with Crippen LogP contribution in [0.5, 0.6) is 0 Å². The van der Waals surface area contributed by atoms with E-state index in [1.54, 1.807) is 12.0 Å². The van der Waals surface area contributed by atoms with Crippen molar-refractivity contribution in [2.75, 3.05) is 59.5 Å². The number of nitrogens with one attached hydrogen (secondary N) is 1. The zero-order chi connectivity index (χ0) is 17.3. The Bertz CT molecular complexity index is 393. The third kappa shape index (κ3) is 10.1. The maximum atomic E-state index is 12.0. The molecule has 1 aliphatic rings. The molecule has 1 amide bonds. The monoisotopic (exact) mass is 457 g/mol. The maximum absolute atomic E-state index is 12.0. The molecule has 0 saturated carbocycles. The van der Waals surface area contributed by atoms with Crippen molar-refractivity contribution in [2.24, 2.45) is 10.7 Å². The van der Waals surface area contributed by atoms with Crippen molar-refractivity contribution in [3.8, 4) is 0 Å². The van der Waals surface area contributed by atoms with Crippen LogP contribution in [0.4, 0.5) is 4.79 Å². The third-order valence-electron chi connectivity index (χ3n) is 3.33. The highest BCUT2D eigenvalue weighted by Crippen LogP contribution is 2.11. The Hall–Kier alpha value is -0.810. The summed E-state index contributed by atoms with van der Waals surface area (Å²) >= 11 is 0. The zero-order valence-electron chi connectivity index (χ0n) is 15.2. The predicted octanol–water partition coefficient (Wildman–Crippen LogP) is 0.708. The Morgan fingerprint density at radius 3 is 2.42 bits per heavy atom. The molecule has 24 heavy (non-hydrogen) atoms. The van der Waals surface area contributed by atoms with E-state index in [4.69, 9.17) is 15.2 Å². The molecule has 1 heterocycles. The van der Waals surface area contributed by atoms with Gasteiger partial charge in [0.05, 0.1) is 13.2 Å². The number of hydrogen-bond donors (Lipinski definition) is 2. The minimum Gasteiger partial charge on any atom is -0.444 e. The molecule has 0 atom stereocenters. The van der Waals surface area contributed by atoms with Crippen LogP contribution in [-0.4, -0.2) is 87.0 Å². The van der Waals surface area contributed by atoms with Crippen LogP contribution in [0.25, 0.3) is 0 Å². The van der Waals surface area contributed by atoms with Crippen LogP contribution < -0.4 is 11.1 Å². The minimum absolute atomic E-state index is 0. The molecule has 9 heteroatoms. The van der Waals surface area contributed by atoms with Crippen LogP contribution in [0, 0.1) is 0 Å². The first kappa shape index (κ1) is 23.2. The number of carbonyl (C=O) groups is 1. The van der Waals surface area contributed by atoms with Crippen molar-refractivity contribution in [3.63, 3.8) is 0 Å². The normalized spacial score (nSPS) is 16.5. The number of rotatable bonds is 6. The number of methoxy groups -OCH3 is 1. The second kappa shape index (κ2) is 11.7. The van der Waals surface area contributed by atoms with Gasteiger partial charge < -0.3 is 25.4 Å². The Kier molecular flexibility index (Phi) is 11.3. The fraction of sp³-hybridized carbons (Fsp3) is 0.867. The van der Waals surface area contributed by atoms with Gasteiger partial charge in [-0.2, -0.15) is 0 Å². The van der Waals surface area contributed by atoms with Gasteiger partial charge in [-0.3, -0.25) is 9.89 Å². The van der Waals surface area contributed by atoms with E-state index in [2.05, 4.69) is 15.2 Å². The van der Waals surface area contributed by atoms with E-state index in [0.29, 0.717) is 38.7 Å². The lowest BCUT2D eigenvalue weighted by molar-refractivity contribution is 0.0148. The number of nitrogens with zero attached hydrogens (tertiary/aromatic N) is 3. The molecule has 0 spiro atoms. The first-order chi connectivity index (χ1) is 10.8. The summed E-state index contributed by atoms with van der Waals surface area (Å²) < 4.78 is 10.3. The van der Waals surface area contributed by atoms with E-state index in [9.17, 15) is 4.79 Å². The number of nitrogens with two attached hydrogens (primary N) is 1. The molecule has 3 N–H and O–H groups in total. The lowest BCUT2D eigenvalue weighted by Crippen LogP contribution is -2.50. The Labute approximate surface area is 162 Å². The molecule has 1 aliphatic heterocycles. The number of piperazine rings is 1. The highest BCUT2D eigenvalue weighted by Gasteiger charge is 2.25. The Balaban J connectivity index is 0.00000529. The Morgan fingerprint density at radius 2 is 1.88 bits per heavy atom. The summed E-state index contributed by atoms with van der Waals surface area (Å²) in [5.41, 5.74) is 5.30. The number of guanidine groups is 1. The molecule has 0 aromatic heterocycles. The topological polar surface area (TPSA) is 92.4 Å². The number of ether oxygens (including phenoxy) is 2. The van der Waals surface area contributed by atoms with Crippen LogP contribution in [-0.2, 0) is 9.47 Å². The van der Waals surface area contributed by atoms with Crippen LogP contribution in [0.3, 0.4) is 0 Å². The van der Waals surface area contributed by atoms with Gasteiger partial charge in [-0.25, -0.2) is 4.79 Å². The van der Waals surface area contributed by atoms with Gasteiger partial charge in [0, 0.05) is 46.4 Å². The van der Waals surface area contributed by atoms with E-state index >= 15 is 0 Å². The average molecular weight is 457 g/mol. The average Bonchev–Trinajstić information content (AvgIpc) is 2.46. The first-order valence-electron chi connectivity index (χ1n) is 8.05. The van der Waals surface area contributed by atoms with Crippen LogP contribution in [0.2, 0.25) is 0 Å². The summed E-state index contributed by atoms with van der Waals surface area (Å²) in [5, 5.41) is 2.98. The molecule has 1 rings (SSSR count). The van der Waals surface area contributed by atoms with Gasteiger partial charge in [-0.05, 0) is 20.8 Å². The summed E-state index contributed by atoms with van der Waals surface area (Å²) in [6, 6.07) is 0. The predicted molar refractivity (Wildman–Crippen MR) is 106 cm³/mol. The molecular weight excluding hydrogens is 425 g/mol. The van der Waals surface area contributed by atoms with E-state index in [1.807, 2.05) is 20.8 Å². The van der Waals surface area contributed by atoms with E-state index in [-0.39, 0.29) is 30.1 Å². The van der Waals surface area contributed by atoms with E-state index in [1.165, 1.54) is 0 Å². The van der Waals surface area contributed by atoms with Gasteiger partial charge in [0.1, 0.15) is 5.60 Å². The largest absolute Gasteiger partial charge is 0.444 e. The summed E-state index contributed by atoms with van der Waals surface area (Å²) in [5.74, 6) is 0.439. The van der Waals surface area contributed by atoms with E-state index in [0.717, 1.165) is 19.6 Å². The molecule has 0 bridgehead atoms. The van der Waals surface area contributed by atoms with Crippen LogP contribution in [0.15, 0.2) is 4.99 Å². The number of hydrogen-bond acceptors (Lipinski definition) is 5.